The lowest BCUT2D eigenvalue weighted by Gasteiger charge is -2.21. The zero-order valence-corrected chi connectivity index (χ0v) is 14.9. The molecule has 4 rings (SSSR count). The number of fused-ring (bicyclic) bond motifs is 1. The van der Waals surface area contributed by atoms with Crippen LogP contribution in [0.25, 0.3) is 10.8 Å². The Kier molecular flexibility index (Phi) is 2.79. The van der Waals surface area contributed by atoms with E-state index in [-0.39, 0.29) is 16.9 Å². The van der Waals surface area contributed by atoms with Gasteiger partial charge < -0.3 is 10.7 Å². The standard InChI is InChI=1S/C22H22FN3O2/c1-13-18(16-9-6-10-17(23)19(16)22(28)26(13)24-2)21(27)25-20(15-11-12-15)14-7-4-3-5-8-14/h3-10,15,20,24H,11-12H2,1-2H3,(H,25,27)/t20-/m1/s1/i1D3,3D,4D,5D,7D,8D. The van der Waals surface area contributed by atoms with Crippen molar-refractivity contribution >= 4 is 16.7 Å². The second-order valence-corrected chi connectivity index (χ2v) is 6.58. The SMILES string of the molecule is [2H]c1c([2H])c([2H])c([C@@H](NC(=O)c2c(C([2H])([2H])[2H])n(NC)c(=O)c3c(F)cccc23)C2CC2)c([2H])c1[2H]. The molecule has 1 aliphatic rings. The molecule has 0 aliphatic heterocycles. The van der Waals surface area contributed by atoms with Crippen LogP contribution in [0.4, 0.5) is 4.39 Å². The average molecular weight is 387 g/mol. The summed E-state index contributed by atoms with van der Waals surface area (Å²) in [6.07, 6.45) is 1.20. The Bertz CT molecular complexity index is 1440. The Hall–Kier alpha value is -3.15. The number of pyridine rings is 1. The van der Waals surface area contributed by atoms with Crippen molar-refractivity contribution in [3.63, 3.8) is 0 Å². The van der Waals surface area contributed by atoms with E-state index in [0.717, 1.165) is 6.07 Å². The third kappa shape index (κ3) is 3.05. The van der Waals surface area contributed by atoms with Crippen LogP contribution in [0.2, 0.25) is 0 Å². The summed E-state index contributed by atoms with van der Waals surface area (Å²) in [6.45, 7) is -2.97. The summed E-state index contributed by atoms with van der Waals surface area (Å²) in [5.41, 5.74) is 0.162. The van der Waals surface area contributed by atoms with E-state index in [2.05, 4.69) is 10.7 Å². The maximum absolute atomic E-state index is 14.7. The summed E-state index contributed by atoms with van der Waals surface area (Å²) in [7, 11) is 1.25. The zero-order chi connectivity index (χ0) is 26.7. The smallest absolute Gasteiger partial charge is 0.279 e. The molecule has 5 nitrogen and oxygen atoms in total. The molecule has 0 saturated heterocycles. The second kappa shape index (κ2) is 7.11. The van der Waals surface area contributed by atoms with Crippen LogP contribution in [0.15, 0.2) is 53.2 Å². The lowest BCUT2D eigenvalue weighted by atomic mass is 9.99. The summed E-state index contributed by atoms with van der Waals surface area (Å²) < 4.78 is 79.7. The highest BCUT2D eigenvalue weighted by atomic mass is 19.1. The first-order chi connectivity index (χ1) is 16.8. The van der Waals surface area contributed by atoms with Crippen LogP contribution < -0.4 is 16.3 Å². The van der Waals surface area contributed by atoms with Gasteiger partial charge in [-0.05, 0) is 37.2 Å². The van der Waals surface area contributed by atoms with Gasteiger partial charge in [-0.1, -0.05) is 42.3 Å². The number of carbonyl (C=O) groups is 1. The normalized spacial score (nSPS) is 19.2. The molecule has 1 aromatic heterocycles. The molecule has 3 aromatic rings. The molecule has 0 unspecified atom stereocenters. The highest BCUT2D eigenvalue weighted by Crippen LogP contribution is 2.41. The number of hydrogen-bond acceptors (Lipinski definition) is 3. The van der Waals surface area contributed by atoms with Gasteiger partial charge in [0.1, 0.15) is 5.82 Å². The highest BCUT2D eigenvalue weighted by Gasteiger charge is 2.34. The Morgan fingerprint density at radius 3 is 2.71 bits per heavy atom. The molecule has 1 amide bonds. The Balaban J connectivity index is 1.97. The number of benzene rings is 2. The van der Waals surface area contributed by atoms with Crippen LogP contribution in [0.5, 0.6) is 0 Å². The van der Waals surface area contributed by atoms with Crippen LogP contribution in [0.1, 0.15) is 51.5 Å². The zero-order valence-electron chi connectivity index (χ0n) is 22.9. The molecule has 1 aliphatic carbocycles. The summed E-state index contributed by atoms with van der Waals surface area (Å²) in [6, 6.07) is -0.183. The first kappa shape index (κ1) is 11.0. The molecule has 1 atom stereocenters. The van der Waals surface area contributed by atoms with E-state index in [1.165, 1.54) is 19.2 Å². The molecule has 0 radical (unpaired) electrons. The van der Waals surface area contributed by atoms with Crippen molar-refractivity contribution in [3.05, 3.63) is 81.4 Å². The summed E-state index contributed by atoms with van der Waals surface area (Å²) in [5.74, 6) is -2.19. The Morgan fingerprint density at radius 1 is 1.32 bits per heavy atom. The Morgan fingerprint density at radius 2 is 2.07 bits per heavy atom. The van der Waals surface area contributed by atoms with Gasteiger partial charge in [-0.15, -0.1) is 0 Å². The van der Waals surface area contributed by atoms with Crippen molar-refractivity contribution in [2.45, 2.75) is 25.7 Å². The fourth-order valence-electron chi connectivity index (χ4n) is 3.33. The van der Waals surface area contributed by atoms with E-state index in [9.17, 15) is 14.0 Å². The monoisotopic (exact) mass is 387 g/mol. The highest BCUT2D eigenvalue weighted by molar-refractivity contribution is 6.08. The maximum atomic E-state index is 14.7. The van der Waals surface area contributed by atoms with Gasteiger partial charge in [0.25, 0.3) is 11.5 Å². The number of nitrogens with zero attached hydrogens (tertiary/aromatic N) is 1. The molecule has 2 aromatic carbocycles. The predicted octanol–water partition coefficient (Wildman–Crippen LogP) is 3.50. The number of halogens is 1. The first-order valence-electron chi connectivity index (χ1n) is 12.7. The van der Waals surface area contributed by atoms with E-state index >= 15 is 0 Å². The number of aromatic nitrogens is 1. The molecular formula is C22H22FN3O2. The number of carbonyl (C=O) groups excluding carboxylic acids is 1. The minimum absolute atomic E-state index is 0.121. The van der Waals surface area contributed by atoms with Gasteiger partial charge in [0.05, 0.1) is 29.5 Å². The summed E-state index contributed by atoms with van der Waals surface area (Å²) in [4.78, 5) is 26.7. The molecule has 0 spiro atoms. The van der Waals surface area contributed by atoms with E-state index in [4.69, 9.17) is 11.0 Å². The second-order valence-electron chi connectivity index (χ2n) is 6.58. The third-order valence-electron chi connectivity index (χ3n) is 4.82. The summed E-state index contributed by atoms with van der Waals surface area (Å²) >= 11 is 0. The molecular weight excluding hydrogens is 357 g/mol. The van der Waals surface area contributed by atoms with Crippen molar-refractivity contribution < 1.29 is 20.2 Å². The molecule has 1 saturated carbocycles. The molecule has 28 heavy (non-hydrogen) atoms. The van der Waals surface area contributed by atoms with Gasteiger partial charge in [0, 0.05) is 16.5 Å². The van der Waals surface area contributed by atoms with Crippen molar-refractivity contribution in [1.29, 1.82) is 0 Å². The van der Waals surface area contributed by atoms with Crippen LogP contribution in [-0.2, 0) is 0 Å². The van der Waals surface area contributed by atoms with E-state index < -0.39 is 77.0 Å². The van der Waals surface area contributed by atoms with Gasteiger partial charge in [-0.3, -0.25) is 9.59 Å². The van der Waals surface area contributed by atoms with Crippen molar-refractivity contribution in [2.24, 2.45) is 5.92 Å². The number of rotatable bonds is 5. The number of amides is 1. The fourth-order valence-corrected chi connectivity index (χ4v) is 3.33. The van der Waals surface area contributed by atoms with Crippen LogP contribution >= 0.6 is 0 Å². The summed E-state index contributed by atoms with van der Waals surface area (Å²) in [5, 5.41) is 1.93. The largest absolute Gasteiger partial charge is 0.345 e. The maximum Gasteiger partial charge on any atom is 0.279 e. The number of nitrogens with one attached hydrogen (secondary N) is 2. The van der Waals surface area contributed by atoms with Gasteiger partial charge in [0.2, 0.25) is 0 Å². The molecule has 1 heterocycles. The molecule has 6 heteroatoms. The third-order valence-corrected chi connectivity index (χ3v) is 4.82. The molecule has 2 N–H and O–H groups in total. The topological polar surface area (TPSA) is 63.1 Å². The van der Waals surface area contributed by atoms with Gasteiger partial charge >= 0.3 is 0 Å². The van der Waals surface area contributed by atoms with Crippen LogP contribution in [0, 0.1) is 18.6 Å². The van der Waals surface area contributed by atoms with Gasteiger partial charge in [0.15, 0.2) is 0 Å². The fraction of sp³-hybridized carbons (Fsp3) is 0.273. The quantitative estimate of drug-likeness (QED) is 0.704. The average Bonchev–Trinajstić information content (AvgIpc) is 3.65. The Labute approximate surface area is 173 Å². The predicted molar refractivity (Wildman–Crippen MR) is 108 cm³/mol. The van der Waals surface area contributed by atoms with Crippen molar-refractivity contribution in [1.82, 2.24) is 9.99 Å². The lowest BCUT2D eigenvalue weighted by Crippen LogP contribution is -2.35. The minimum Gasteiger partial charge on any atom is -0.345 e. The minimum atomic E-state index is -2.97. The van der Waals surface area contributed by atoms with Crippen molar-refractivity contribution in [3.8, 4) is 0 Å². The van der Waals surface area contributed by atoms with Crippen LogP contribution in [0.3, 0.4) is 0 Å². The van der Waals surface area contributed by atoms with E-state index in [0.29, 0.717) is 17.5 Å². The first-order valence-corrected chi connectivity index (χ1v) is 8.74. The van der Waals surface area contributed by atoms with Crippen LogP contribution in [-0.4, -0.2) is 17.6 Å². The molecule has 144 valence electrons. The van der Waals surface area contributed by atoms with E-state index in [1.807, 2.05) is 0 Å². The molecule has 0 bridgehead atoms. The molecule has 1 fully saturated rings. The lowest BCUT2D eigenvalue weighted by molar-refractivity contribution is 0.0932. The van der Waals surface area contributed by atoms with Gasteiger partial charge in [-0.25, -0.2) is 9.07 Å². The van der Waals surface area contributed by atoms with Gasteiger partial charge in [-0.2, -0.15) is 0 Å². The number of hydrogen-bond donors (Lipinski definition) is 2. The van der Waals surface area contributed by atoms with Crippen molar-refractivity contribution in [2.75, 3.05) is 12.5 Å². The van der Waals surface area contributed by atoms with E-state index in [1.54, 1.807) is 0 Å².